The molecule has 0 N–H and O–H groups in total. The Morgan fingerprint density at radius 2 is 1.59 bits per heavy atom. The fourth-order valence-electron chi connectivity index (χ4n) is 3.64. The van der Waals surface area contributed by atoms with Gasteiger partial charge in [-0.1, -0.05) is 27.7 Å². The second kappa shape index (κ2) is 5.27. The summed E-state index contributed by atoms with van der Waals surface area (Å²) in [7, 11) is 0. The molecule has 0 fully saturated rings. The fourth-order valence-corrected chi connectivity index (χ4v) is 3.64. The zero-order valence-electron chi connectivity index (χ0n) is 13.7. The summed E-state index contributed by atoms with van der Waals surface area (Å²) < 4.78 is 2.99. The maximum Gasteiger partial charge on any atom is 0.340 e. The monoisotopic (exact) mass is 298 g/mol. The molecule has 1 aliphatic rings. The van der Waals surface area contributed by atoms with Gasteiger partial charge >= 0.3 is 5.69 Å². The molecule has 0 aliphatic carbocycles. The highest BCUT2D eigenvalue weighted by atomic mass is 16.2. The van der Waals surface area contributed by atoms with E-state index in [1.807, 2.05) is 26.1 Å². The second-order valence-corrected chi connectivity index (χ2v) is 5.71. The van der Waals surface area contributed by atoms with Crippen molar-refractivity contribution in [2.75, 3.05) is 0 Å². The molecular formula is C18H22N2O2. The van der Waals surface area contributed by atoms with Crippen LogP contribution in [-0.4, -0.2) is 14.9 Å². The SMILES string of the molecule is CCC1=C(CC)c2cc3c(CC)c(CC)cn3c(=O)n2C1=O. The minimum Gasteiger partial charge on any atom is -0.269 e. The van der Waals surface area contributed by atoms with Crippen molar-refractivity contribution in [3.63, 3.8) is 0 Å². The maximum absolute atomic E-state index is 12.8. The van der Waals surface area contributed by atoms with Crippen LogP contribution in [0.5, 0.6) is 0 Å². The smallest absolute Gasteiger partial charge is 0.269 e. The third-order valence-corrected chi connectivity index (χ3v) is 4.73. The van der Waals surface area contributed by atoms with Crippen molar-refractivity contribution >= 4 is 17.0 Å². The Kier molecular flexibility index (Phi) is 3.55. The van der Waals surface area contributed by atoms with Crippen molar-refractivity contribution in [3.8, 4) is 0 Å². The van der Waals surface area contributed by atoms with E-state index in [0.29, 0.717) is 6.42 Å². The Balaban J connectivity index is 2.42. The van der Waals surface area contributed by atoms with Crippen molar-refractivity contribution in [2.24, 2.45) is 0 Å². The summed E-state index contributed by atoms with van der Waals surface area (Å²) in [6.07, 6.45) is 5.12. The number of hydrogen-bond donors (Lipinski definition) is 0. The van der Waals surface area contributed by atoms with E-state index in [1.54, 1.807) is 4.40 Å². The van der Waals surface area contributed by atoms with E-state index in [1.165, 1.54) is 15.7 Å². The zero-order valence-corrected chi connectivity index (χ0v) is 13.7. The molecule has 0 spiro atoms. The molecular weight excluding hydrogens is 276 g/mol. The van der Waals surface area contributed by atoms with Crippen LogP contribution < -0.4 is 5.69 Å². The molecule has 4 heteroatoms. The van der Waals surface area contributed by atoms with Crippen LogP contribution in [0.15, 0.2) is 22.6 Å². The quantitative estimate of drug-likeness (QED) is 0.867. The molecule has 4 nitrogen and oxygen atoms in total. The number of carbonyl (C=O) groups is 1. The molecule has 0 unspecified atom stereocenters. The van der Waals surface area contributed by atoms with E-state index in [2.05, 4.69) is 13.8 Å². The molecule has 3 rings (SSSR count). The third-order valence-electron chi connectivity index (χ3n) is 4.73. The van der Waals surface area contributed by atoms with Gasteiger partial charge in [0, 0.05) is 11.8 Å². The lowest BCUT2D eigenvalue weighted by molar-refractivity contribution is 0.0952. The average Bonchev–Trinajstić information content (AvgIpc) is 3.02. The van der Waals surface area contributed by atoms with E-state index < -0.39 is 0 Å². The van der Waals surface area contributed by atoms with E-state index in [9.17, 15) is 9.59 Å². The summed E-state index contributed by atoms with van der Waals surface area (Å²) in [6, 6.07) is 2.03. The van der Waals surface area contributed by atoms with Gasteiger partial charge in [0.05, 0.1) is 11.2 Å². The highest BCUT2D eigenvalue weighted by Crippen LogP contribution is 2.32. The molecule has 0 atom stereocenters. The summed E-state index contributed by atoms with van der Waals surface area (Å²) >= 11 is 0. The van der Waals surface area contributed by atoms with Gasteiger partial charge in [-0.2, -0.15) is 0 Å². The third kappa shape index (κ3) is 1.76. The Morgan fingerprint density at radius 1 is 0.909 bits per heavy atom. The van der Waals surface area contributed by atoms with Gasteiger partial charge in [-0.3, -0.25) is 9.20 Å². The zero-order chi connectivity index (χ0) is 16.0. The first kappa shape index (κ1) is 14.8. The van der Waals surface area contributed by atoms with Crippen molar-refractivity contribution in [1.29, 1.82) is 0 Å². The van der Waals surface area contributed by atoms with Crippen molar-refractivity contribution < 1.29 is 4.79 Å². The number of rotatable bonds is 4. The van der Waals surface area contributed by atoms with Crippen molar-refractivity contribution in [1.82, 2.24) is 8.97 Å². The number of aryl methyl sites for hydroxylation is 2. The predicted octanol–water partition coefficient (Wildman–Crippen LogP) is 3.45. The van der Waals surface area contributed by atoms with Gasteiger partial charge in [-0.05, 0) is 48.4 Å². The Bertz CT molecular complexity index is 865. The van der Waals surface area contributed by atoms with Crippen LogP contribution in [0, 0.1) is 0 Å². The fraction of sp³-hybridized carbons (Fsp3) is 0.444. The van der Waals surface area contributed by atoms with Gasteiger partial charge in [0.15, 0.2) is 0 Å². The standard InChI is InChI=1S/C18H22N2O2/c1-5-11-10-19-15(12(11)6-2)9-16-13(7-3)14(8-4)17(21)20(16)18(19)22/h9-10H,5-8H2,1-4H3. The van der Waals surface area contributed by atoms with Crippen molar-refractivity contribution in [3.05, 3.63) is 45.1 Å². The van der Waals surface area contributed by atoms with E-state index in [-0.39, 0.29) is 11.6 Å². The minimum absolute atomic E-state index is 0.147. The number of fused-ring (bicyclic) bond motifs is 2. The molecule has 22 heavy (non-hydrogen) atoms. The van der Waals surface area contributed by atoms with Gasteiger partial charge in [0.2, 0.25) is 0 Å². The Morgan fingerprint density at radius 3 is 2.14 bits per heavy atom. The highest BCUT2D eigenvalue weighted by Gasteiger charge is 2.30. The van der Waals surface area contributed by atoms with Gasteiger partial charge < -0.3 is 0 Å². The number of allylic oxidation sites excluding steroid dienone is 2. The minimum atomic E-state index is -0.235. The molecule has 0 radical (unpaired) electrons. The molecule has 1 aliphatic heterocycles. The summed E-state index contributed by atoms with van der Waals surface area (Å²) in [5.41, 5.74) is 5.71. The second-order valence-electron chi connectivity index (χ2n) is 5.71. The lowest BCUT2D eigenvalue weighted by Gasteiger charge is -2.07. The van der Waals surface area contributed by atoms with Crippen LogP contribution in [0.2, 0.25) is 0 Å². The summed E-state index contributed by atoms with van der Waals surface area (Å²) in [4.78, 5) is 25.4. The predicted molar refractivity (Wildman–Crippen MR) is 88.5 cm³/mol. The normalized spacial score (nSPS) is 14.3. The first-order chi connectivity index (χ1) is 10.6. The molecule has 2 aromatic heterocycles. The average molecular weight is 298 g/mol. The van der Waals surface area contributed by atoms with Crippen LogP contribution in [-0.2, 0) is 12.8 Å². The largest absolute Gasteiger partial charge is 0.340 e. The maximum atomic E-state index is 12.8. The highest BCUT2D eigenvalue weighted by molar-refractivity contribution is 6.08. The van der Waals surface area contributed by atoms with Gasteiger partial charge in [-0.15, -0.1) is 0 Å². The van der Waals surface area contributed by atoms with Crippen LogP contribution in [0.25, 0.3) is 11.1 Å². The molecule has 0 amide bonds. The first-order valence-electron chi connectivity index (χ1n) is 8.14. The number of hydrogen-bond acceptors (Lipinski definition) is 2. The van der Waals surface area contributed by atoms with Crippen molar-refractivity contribution in [2.45, 2.75) is 53.4 Å². The van der Waals surface area contributed by atoms with Gasteiger partial charge in [0.25, 0.3) is 5.91 Å². The first-order valence-corrected chi connectivity index (χ1v) is 8.14. The van der Waals surface area contributed by atoms with Crippen LogP contribution in [0.3, 0.4) is 0 Å². The van der Waals surface area contributed by atoms with Crippen LogP contribution in [0.1, 0.15) is 62.2 Å². The Hall–Kier alpha value is -2.10. The van der Waals surface area contributed by atoms with E-state index in [0.717, 1.165) is 41.6 Å². The Labute approximate surface area is 130 Å². The lowest BCUT2D eigenvalue weighted by atomic mass is 10.0. The molecule has 0 bridgehead atoms. The topological polar surface area (TPSA) is 43.5 Å². The molecule has 0 saturated carbocycles. The number of aromatic nitrogens is 2. The summed E-state index contributed by atoms with van der Waals surface area (Å²) in [6.45, 7) is 8.22. The van der Waals surface area contributed by atoms with Crippen LogP contribution >= 0.6 is 0 Å². The number of nitrogens with zero attached hydrogens (tertiary/aromatic N) is 2. The molecule has 116 valence electrons. The molecule has 2 aromatic rings. The van der Waals surface area contributed by atoms with Gasteiger partial charge in [-0.25, -0.2) is 9.36 Å². The van der Waals surface area contributed by atoms with E-state index >= 15 is 0 Å². The summed E-state index contributed by atoms with van der Waals surface area (Å²) in [5.74, 6) is -0.147. The molecule has 0 aromatic carbocycles. The summed E-state index contributed by atoms with van der Waals surface area (Å²) in [5, 5.41) is 0. The molecule has 0 saturated heterocycles. The van der Waals surface area contributed by atoms with Gasteiger partial charge in [0.1, 0.15) is 0 Å². The van der Waals surface area contributed by atoms with E-state index in [4.69, 9.17) is 0 Å². The van der Waals surface area contributed by atoms with Crippen LogP contribution in [0.4, 0.5) is 0 Å². The molecule has 3 heterocycles. The lowest BCUT2D eigenvalue weighted by Crippen LogP contribution is -2.30. The number of carbonyl (C=O) groups excluding carboxylic acids is 1.